The molecule has 2 rings (SSSR count). The minimum Gasteiger partial charge on any atom is -0.468 e. The minimum absolute atomic E-state index is 0.0287. The summed E-state index contributed by atoms with van der Waals surface area (Å²) in [4.78, 5) is 35.1. The van der Waals surface area contributed by atoms with Gasteiger partial charge in [0.2, 0.25) is 11.9 Å². The van der Waals surface area contributed by atoms with Crippen molar-refractivity contribution in [1.82, 2.24) is 14.8 Å². The average molecular weight is 377 g/mol. The van der Waals surface area contributed by atoms with Gasteiger partial charge in [-0.2, -0.15) is 0 Å². The third-order valence-electron chi connectivity index (χ3n) is 3.49. The molecular formula is C16H19N5O4S. The molecule has 1 aromatic carbocycles. The number of ketones is 1. The smallest absolute Gasteiger partial charge is 0.316 e. The summed E-state index contributed by atoms with van der Waals surface area (Å²) in [6.07, 6.45) is 0. The fourth-order valence-electron chi connectivity index (χ4n) is 2.21. The topological polar surface area (TPSA) is 129 Å². The van der Waals surface area contributed by atoms with Crippen molar-refractivity contribution in [3.8, 4) is 0 Å². The number of nitrogens with zero attached hydrogens (tertiary/aromatic N) is 3. The van der Waals surface area contributed by atoms with Crippen molar-refractivity contribution in [2.24, 2.45) is 0 Å². The highest BCUT2D eigenvalue weighted by molar-refractivity contribution is 7.99. The summed E-state index contributed by atoms with van der Waals surface area (Å²) >= 11 is 1.09. The molecule has 1 aromatic heterocycles. The Labute approximate surface area is 154 Å². The fourth-order valence-corrected chi connectivity index (χ4v) is 3.07. The summed E-state index contributed by atoms with van der Waals surface area (Å²) in [6, 6.07) is 5.85. The van der Waals surface area contributed by atoms with Crippen LogP contribution in [-0.4, -0.2) is 45.3 Å². The lowest BCUT2D eigenvalue weighted by molar-refractivity contribution is -0.137. The van der Waals surface area contributed by atoms with Crippen molar-refractivity contribution in [1.29, 1.82) is 0 Å². The molecule has 3 N–H and O–H groups in total. The molecule has 1 amide bonds. The molecule has 26 heavy (non-hydrogen) atoms. The molecule has 0 fully saturated rings. The molecule has 138 valence electrons. The van der Waals surface area contributed by atoms with Gasteiger partial charge in [0.05, 0.1) is 18.9 Å². The van der Waals surface area contributed by atoms with Crippen LogP contribution >= 0.6 is 11.8 Å². The lowest BCUT2D eigenvalue weighted by Gasteiger charge is -2.15. The number of thioether (sulfide) groups is 1. The molecule has 0 saturated carbocycles. The van der Waals surface area contributed by atoms with Crippen LogP contribution in [0.15, 0.2) is 29.4 Å². The van der Waals surface area contributed by atoms with Crippen LogP contribution in [0.4, 0.5) is 11.6 Å². The second-order valence-electron chi connectivity index (χ2n) is 5.37. The van der Waals surface area contributed by atoms with Crippen LogP contribution in [0.1, 0.15) is 30.2 Å². The summed E-state index contributed by atoms with van der Waals surface area (Å²) in [5.41, 5.74) is 6.88. The van der Waals surface area contributed by atoms with E-state index < -0.39 is 12.0 Å². The van der Waals surface area contributed by atoms with Gasteiger partial charge in [-0.1, -0.05) is 11.8 Å². The number of benzene rings is 1. The van der Waals surface area contributed by atoms with Crippen LogP contribution in [0.5, 0.6) is 0 Å². The number of ether oxygens (including phenoxy) is 1. The number of rotatable bonds is 7. The first-order valence-electron chi connectivity index (χ1n) is 7.65. The van der Waals surface area contributed by atoms with Gasteiger partial charge < -0.3 is 15.8 Å². The molecule has 0 aliphatic rings. The highest BCUT2D eigenvalue weighted by Gasteiger charge is 2.23. The quantitative estimate of drug-likeness (QED) is 0.422. The van der Waals surface area contributed by atoms with E-state index in [1.54, 1.807) is 31.2 Å². The second-order valence-corrected chi connectivity index (χ2v) is 6.32. The molecular weight excluding hydrogens is 358 g/mol. The molecule has 1 atom stereocenters. The number of nitrogens with one attached hydrogen (secondary N) is 1. The van der Waals surface area contributed by atoms with Crippen LogP contribution in [0.25, 0.3) is 0 Å². The van der Waals surface area contributed by atoms with E-state index in [1.165, 1.54) is 18.6 Å². The number of nitrogen functional groups attached to an aromatic ring is 1. The highest BCUT2D eigenvalue weighted by atomic mass is 32.2. The SMILES string of the molecule is COC(=O)CSc1nnc(N)n1C(C)C(=O)c1ccc(NC(C)=O)cc1. The predicted octanol–water partition coefficient (Wildman–Crippen LogP) is 1.53. The van der Waals surface area contributed by atoms with Gasteiger partial charge in [-0.3, -0.25) is 19.0 Å². The lowest BCUT2D eigenvalue weighted by atomic mass is 10.0. The highest BCUT2D eigenvalue weighted by Crippen LogP contribution is 2.25. The maximum absolute atomic E-state index is 12.8. The Morgan fingerprint density at radius 3 is 2.50 bits per heavy atom. The van der Waals surface area contributed by atoms with E-state index in [-0.39, 0.29) is 23.4 Å². The zero-order valence-corrected chi connectivity index (χ0v) is 15.4. The number of nitrogens with two attached hydrogens (primary N) is 1. The van der Waals surface area contributed by atoms with Gasteiger partial charge in [-0.05, 0) is 31.2 Å². The number of anilines is 2. The summed E-state index contributed by atoms with van der Waals surface area (Å²) in [6.45, 7) is 3.08. The molecule has 1 heterocycles. The van der Waals surface area contributed by atoms with Gasteiger partial charge in [-0.25, -0.2) is 0 Å². The third kappa shape index (κ3) is 4.60. The monoisotopic (exact) mass is 377 g/mol. The van der Waals surface area contributed by atoms with Gasteiger partial charge in [0, 0.05) is 18.2 Å². The van der Waals surface area contributed by atoms with Crippen LogP contribution in [0.2, 0.25) is 0 Å². The van der Waals surface area contributed by atoms with E-state index in [2.05, 4.69) is 20.3 Å². The first-order valence-corrected chi connectivity index (χ1v) is 8.64. The van der Waals surface area contributed by atoms with Crippen LogP contribution < -0.4 is 11.1 Å². The normalized spacial score (nSPS) is 11.7. The fraction of sp³-hybridized carbons (Fsp3) is 0.312. The van der Waals surface area contributed by atoms with Crippen molar-refractivity contribution in [3.63, 3.8) is 0 Å². The van der Waals surface area contributed by atoms with E-state index in [0.29, 0.717) is 16.4 Å². The number of carbonyl (C=O) groups is 3. The van der Waals surface area contributed by atoms with Crippen molar-refractivity contribution in [2.45, 2.75) is 25.0 Å². The van der Waals surface area contributed by atoms with Gasteiger partial charge in [0.15, 0.2) is 10.9 Å². The number of hydrogen-bond acceptors (Lipinski definition) is 8. The first kappa shape index (κ1) is 19.4. The number of hydrogen-bond donors (Lipinski definition) is 2. The van der Waals surface area contributed by atoms with Crippen LogP contribution in [0.3, 0.4) is 0 Å². The standard InChI is InChI=1S/C16H19N5O4S/c1-9(14(24)11-4-6-12(7-5-11)18-10(2)22)21-15(17)19-20-16(21)26-8-13(23)25-3/h4-7,9H,8H2,1-3H3,(H2,17,19)(H,18,22). The number of esters is 1. The Hall–Kier alpha value is -2.88. The van der Waals surface area contributed by atoms with Gasteiger partial charge in [0.1, 0.15) is 0 Å². The molecule has 2 aromatic rings. The summed E-state index contributed by atoms with van der Waals surface area (Å²) in [7, 11) is 1.29. The summed E-state index contributed by atoms with van der Waals surface area (Å²) in [5, 5.41) is 10.7. The molecule has 0 spiro atoms. The maximum atomic E-state index is 12.8. The van der Waals surface area contributed by atoms with Crippen molar-refractivity contribution in [2.75, 3.05) is 23.9 Å². The maximum Gasteiger partial charge on any atom is 0.316 e. The molecule has 0 bridgehead atoms. The number of Topliss-reactive ketones (excluding diaryl/α,β-unsaturated/α-hetero) is 1. The molecule has 0 radical (unpaired) electrons. The Kier molecular flexibility index (Phi) is 6.34. The lowest BCUT2D eigenvalue weighted by Crippen LogP contribution is -2.20. The minimum atomic E-state index is -0.670. The van der Waals surface area contributed by atoms with Gasteiger partial charge in [0.25, 0.3) is 0 Å². The van der Waals surface area contributed by atoms with Crippen LogP contribution in [0, 0.1) is 0 Å². The molecule has 9 nitrogen and oxygen atoms in total. The molecule has 0 aliphatic carbocycles. The first-order chi connectivity index (χ1) is 12.3. The Balaban J connectivity index is 2.18. The average Bonchev–Trinajstić information content (AvgIpc) is 2.99. The van der Waals surface area contributed by atoms with E-state index in [0.717, 1.165) is 11.8 Å². The second kappa shape index (κ2) is 8.48. The predicted molar refractivity (Wildman–Crippen MR) is 97.0 cm³/mol. The number of amides is 1. The molecule has 1 unspecified atom stereocenters. The van der Waals surface area contributed by atoms with E-state index >= 15 is 0 Å². The largest absolute Gasteiger partial charge is 0.468 e. The Bertz CT molecular complexity index is 819. The molecule has 0 aliphatic heterocycles. The molecule has 0 saturated heterocycles. The molecule has 10 heteroatoms. The van der Waals surface area contributed by atoms with Crippen LogP contribution in [-0.2, 0) is 14.3 Å². The number of carbonyl (C=O) groups excluding carboxylic acids is 3. The van der Waals surface area contributed by atoms with Gasteiger partial charge in [-0.15, -0.1) is 10.2 Å². The number of aromatic nitrogens is 3. The zero-order valence-electron chi connectivity index (χ0n) is 14.6. The van der Waals surface area contributed by atoms with E-state index in [4.69, 9.17) is 5.73 Å². The summed E-state index contributed by atoms with van der Waals surface area (Å²) in [5.74, 6) is -0.711. The number of methoxy groups -OCH3 is 1. The zero-order chi connectivity index (χ0) is 19.3. The Morgan fingerprint density at radius 1 is 1.27 bits per heavy atom. The summed E-state index contributed by atoms with van der Waals surface area (Å²) < 4.78 is 6.06. The van der Waals surface area contributed by atoms with Crippen molar-refractivity contribution < 1.29 is 19.1 Å². The third-order valence-corrected chi connectivity index (χ3v) is 4.41. The van der Waals surface area contributed by atoms with Crippen molar-refractivity contribution >= 4 is 41.1 Å². The van der Waals surface area contributed by atoms with E-state index in [1.807, 2.05) is 0 Å². The van der Waals surface area contributed by atoms with E-state index in [9.17, 15) is 14.4 Å². The van der Waals surface area contributed by atoms with Crippen molar-refractivity contribution in [3.05, 3.63) is 29.8 Å². The van der Waals surface area contributed by atoms with Gasteiger partial charge >= 0.3 is 5.97 Å². The Morgan fingerprint density at radius 2 is 1.92 bits per heavy atom.